The van der Waals surface area contributed by atoms with Crippen molar-refractivity contribution in [1.29, 1.82) is 0 Å². The van der Waals surface area contributed by atoms with Crippen molar-refractivity contribution in [2.75, 3.05) is 26.9 Å². The third-order valence-corrected chi connectivity index (χ3v) is 2.28. The lowest BCUT2D eigenvalue weighted by Crippen LogP contribution is -2.30. The highest BCUT2D eigenvalue weighted by Gasteiger charge is 2.01. The van der Waals surface area contributed by atoms with E-state index in [9.17, 15) is 4.79 Å². The second kappa shape index (κ2) is 7.92. The van der Waals surface area contributed by atoms with Crippen LogP contribution in [0.1, 0.15) is 6.42 Å². The molecule has 0 saturated heterocycles. The third-order valence-electron chi connectivity index (χ3n) is 2.03. The van der Waals surface area contributed by atoms with Gasteiger partial charge in [0, 0.05) is 25.3 Å². The maximum absolute atomic E-state index is 11.3. The Morgan fingerprint density at radius 2 is 2.06 bits per heavy atom. The molecular weight excluding hydrogens is 242 g/mol. The maximum atomic E-state index is 11.3. The molecule has 4 nitrogen and oxygen atoms in total. The van der Waals surface area contributed by atoms with Crippen LogP contribution >= 0.6 is 11.6 Å². The van der Waals surface area contributed by atoms with Gasteiger partial charge in [-0.3, -0.25) is 4.79 Å². The molecule has 0 unspecified atom stereocenters. The average molecular weight is 258 g/mol. The molecule has 0 heterocycles. The number of hydrogen-bond donors (Lipinski definition) is 1. The van der Waals surface area contributed by atoms with E-state index in [0.29, 0.717) is 23.9 Å². The molecule has 0 bridgehead atoms. The highest BCUT2D eigenvalue weighted by Crippen LogP contribution is 2.15. The summed E-state index contributed by atoms with van der Waals surface area (Å²) in [6.45, 7) is 1.24. The van der Waals surface area contributed by atoms with Gasteiger partial charge in [0.25, 0.3) is 5.91 Å². The smallest absolute Gasteiger partial charge is 0.257 e. The number of carbonyl (C=O) groups excluding carboxylic acids is 1. The Kier molecular flexibility index (Phi) is 6.43. The molecular formula is C12H16ClNO3. The van der Waals surface area contributed by atoms with Gasteiger partial charge < -0.3 is 14.8 Å². The molecule has 1 aromatic rings. The van der Waals surface area contributed by atoms with Crippen molar-refractivity contribution in [3.8, 4) is 5.75 Å². The second-order valence-electron chi connectivity index (χ2n) is 3.44. The summed E-state index contributed by atoms with van der Waals surface area (Å²) in [5, 5.41) is 3.37. The number of hydrogen-bond acceptors (Lipinski definition) is 3. The van der Waals surface area contributed by atoms with E-state index < -0.39 is 0 Å². The molecule has 17 heavy (non-hydrogen) atoms. The summed E-state index contributed by atoms with van der Waals surface area (Å²) in [6, 6.07) is 6.88. The van der Waals surface area contributed by atoms with Gasteiger partial charge in [0.05, 0.1) is 0 Å². The van der Waals surface area contributed by atoms with Crippen LogP contribution in [0.5, 0.6) is 5.75 Å². The van der Waals surface area contributed by atoms with Crippen LogP contribution in [0.4, 0.5) is 0 Å². The Hall–Kier alpha value is -1.26. The summed E-state index contributed by atoms with van der Waals surface area (Å²) in [7, 11) is 1.63. The summed E-state index contributed by atoms with van der Waals surface area (Å²) in [5.41, 5.74) is 0. The predicted molar refractivity (Wildman–Crippen MR) is 66.4 cm³/mol. The van der Waals surface area contributed by atoms with Crippen LogP contribution in [0.15, 0.2) is 24.3 Å². The number of carbonyl (C=O) groups is 1. The number of rotatable bonds is 7. The zero-order chi connectivity index (χ0) is 12.5. The molecule has 0 fully saturated rings. The Morgan fingerprint density at radius 1 is 1.35 bits per heavy atom. The van der Waals surface area contributed by atoms with E-state index in [1.54, 1.807) is 31.4 Å². The average Bonchev–Trinajstić information content (AvgIpc) is 2.34. The molecule has 1 rings (SSSR count). The van der Waals surface area contributed by atoms with Gasteiger partial charge in [-0.2, -0.15) is 0 Å². The zero-order valence-corrected chi connectivity index (χ0v) is 10.5. The van der Waals surface area contributed by atoms with E-state index in [4.69, 9.17) is 21.1 Å². The summed E-state index contributed by atoms with van der Waals surface area (Å²) >= 11 is 5.73. The second-order valence-corrected chi connectivity index (χ2v) is 3.88. The standard InChI is InChI=1S/C12H16ClNO3/c1-16-8-2-7-14-12(15)9-17-11-5-3-10(13)4-6-11/h3-6H,2,7-9H2,1H3,(H,14,15). The number of benzene rings is 1. The summed E-state index contributed by atoms with van der Waals surface area (Å²) < 4.78 is 10.1. The van der Waals surface area contributed by atoms with Crippen LogP contribution in [0.2, 0.25) is 5.02 Å². The fourth-order valence-corrected chi connectivity index (χ4v) is 1.30. The third kappa shape index (κ3) is 6.14. The van der Waals surface area contributed by atoms with Crippen LogP contribution in [0, 0.1) is 0 Å². The molecule has 0 saturated carbocycles. The van der Waals surface area contributed by atoms with Crippen LogP contribution in [0.3, 0.4) is 0 Å². The first kappa shape index (κ1) is 13.8. The quantitative estimate of drug-likeness (QED) is 0.759. The molecule has 0 aliphatic carbocycles. The minimum Gasteiger partial charge on any atom is -0.484 e. The van der Waals surface area contributed by atoms with Crippen LogP contribution in [0.25, 0.3) is 0 Å². The Labute approximate surface area is 106 Å². The highest BCUT2D eigenvalue weighted by atomic mass is 35.5. The minimum absolute atomic E-state index is 0.00855. The molecule has 94 valence electrons. The first-order valence-corrected chi connectivity index (χ1v) is 5.74. The van der Waals surface area contributed by atoms with Gasteiger partial charge >= 0.3 is 0 Å². The first-order valence-electron chi connectivity index (χ1n) is 5.36. The number of nitrogens with one attached hydrogen (secondary N) is 1. The van der Waals surface area contributed by atoms with E-state index in [1.807, 2.05) is 0 Å². The lowest BCUT2D eigenvalue weighted by molar-refractivity contribution is -0.123. The summed E-state index contributed by atoms with van der Waals surface area (Å²) in [5.74, 6) is 0.484. The number of methoxy groups -OCH3 is 1. The minimum atomic E-state index is -0.143. The van der Waals surface area contributed by atoms with Gasteiger partial charge in [-0.1, -0.05) is 11.6 Å². The predicted octanol–water partition coefficient (Wildman–Crippen LogP) is 1.87. The highest BCUT2D eigenvalue weighted by molar-refractivity contribution is 6.30. The van der Waals surface area contributed by atoms with E-state index in [1.165, 1.54) is 0 Å². The molecule has 1 aromatic carbocycles. The molecule has 0 aliphatic rings. The van der Waals surface area contributed by atoms with Gasteiger partial charge in [-0.25, -0.2) is 0 Å². The molecule has 0 radical (unpaired) electrons. The number of halogens is 1. The first-order chi connectivity index (χ1) is 8.22. The van der Waals surface area contributed by atoms with Crippen molar-refractivity contribution < 1.29 is 14.3 Å². The largest absolute Gasteiger partial charge is 0.484 e. The van der Waals surface area contributed by atoms with Crippen molar-refractivity contribution in [3.63, 3.8) is 0 Å². The topological polar surface area (TPSA) is 47.6 Å². The molecule has 0 aliphatic heterocycles. The molecule has 1 N–H and O–H groups in total. The van der Waals surface area contributed by atoms with Crippen molar-refractivity contribution >= 4 is 17.5 Å². The van der Waals surface area contributed by atoms with E-state index >= 15 is 0 Å². The van der Waals surface area contributed by atoms with Gasteiger partial charge in [-0.15, -0.1) is 0 Å². The van der Waals surface area contributed by atoms with Crippen LogP contribution < -0.4 is 10.1 Å². The van der Waals surface area contributed by atoms with Crippen molar-refractivity contribution in [2.45, 2.75) is 6.42 Å². The van der Waals surface area contributed by atoms with Gasteiger partial charge in [0.15, 0.2) is 6.61 Å². The maximum Gasteiger partial charge on any atom is 0.257 e. The van der Waals surface area contributed by atoms with Crippen molar-refractivity contribution in [2.24, 2.45) is 0 Å². The molecule has 1 amide bonds. The lowest BCUT2D eigenvalue weighted by Gasteiger charge is -2.07. The fourth-order valence-electron chi connectivity index (χ4n) is 1.18. The van der Waals surface area contributed by atoms with Crippen molar-refractivity contribution in [1.82, 2.24) is 5.32 Å². The lowest BCUT2D eigenvalue weighted by atomic mass is 10.3. The summed E-state index contributed by atoms with van der Waals surface area (Å²) in [4.78, 5) is 11.3. The SMILES string of the molecule is COCCCNC(=O)COc1ccc(Cl)cc1. The van der Waals surface area contributed by atoms with Gasteiger partial charge in [-0.05, 0) is 30.7 Å². The fraction of sp³-hybridized carbons (Fsp3) is 0.417. The monoisotopic (exact) mass is 257 g/mol. The molecule has 5 heteroatoms. The van der Waals surface area contributed by atoms with Crippen LogP contribution in [-0.2, 0) is 9.53 Å². The Bertz CT molecular complexity index is 340. The van der Waals surface area contributed by atoms with E-state index in [-0.39, 0.29) is 12.5 Å². The normalized spacial score (nSPS) is 10.0. The molecule has 0 atom stereocenters. The molecule has 0 spiro atoms. The molecule has 0 aromatic heterocycles. The summed E-state index contributed by atoms with van der Waals surface area (Å²) in [6.07, 6.45) is 0.795. The van der Waals surface area contributed by atoms with Gasteiger partial charge in [0.1, 0.15) is 5.75 Å². The Balaban J connectivity index is 2.17. The number of ether oxygens (including phenoxy) is 2. The van der Waals surface area contributed by atoms with Crippen LogP contribution in [-0.4, -0.2) is 32.8 Å². The van der Waals surface area contributed by atoms with Crippen molar-refractivity contribution in [3.05, 3.63) is 29.3 Å². The zero-order valence-electron chi connectivity index (χ0n) is 9.74. The van der Waals surface area contributed by atoms with Gasteiger partial charge in [0.2, 0.25) is 0 Å². The Morgan fingerprint density at radius 3 is 2.71 bits per heavy atom. The number of amides is 1. The van der Waals surface area contributed by atoms with E-state index in [2.05, 4.69) is 5.32 Å². The van der Waals surface area contributed by atoms with E-state index in [0.717, 1.165) is 6.42 Å².